The summed E-state index contributed by atoms with van der Waals surface area (Å²) in [6.45, 7) is 0.283. The largest absolute Gasteiger partial charge is 0.380 e. The molecule has 4 nitrogen and oxygen atoms in total. The van der Waals surface area contributed by atoms with Crippen molar-refractivity contribution in [1.82, 2.24) is 0 Å². The standard InChI is InChI=1S/C13H9BrClFN2O2/c14-13-8(2-1-3-12(13)18(19)20)7-17-11-6-9(16)4-5-10(11)15/h1-6,17H,7H2. The van der Waals surface area contributed by atoms with E-state index in [9.17, 15) is 14.5 Å². The molecule has 0 bridgehead atoms. The zero-order chi connectivity index (χ0) is 14.7. The highest BCUT2D eigenvalue weighted by Gasteiger charge is 2.14. The molecule has 0 atom stereocenters. The van der Waals surface area contributed by atoms with Gasteiger partial charge in [0.1, 0.15) is 10.3 Å². The van der Waals surface area contributed by atoms with E-state index in [2.05, 4.69) is 21.2 Å². The molecule has 0 spiro atoms. The first kappa shape index (κ1) is 14.7. The Balaban J connectivity index is 2.21. The lowest BCUT2D eigenvalue weighted by Gasteiger charge is -2.10. The second kappa shape index (κ2) is 6.19. The lowest BCUT2D eigenvalue weighted by Crippen LogP contribution is -2.02. The molecule has 7 heteroatoms. The van der Waals surface area contributed by atoms with Crippen LogP contribution in [0.25, 0.3) is 0 Å². The molecule has 0 saturated heterocycles. The van der Waals surface area contributed by atoms with Gasteiger partial charge in [-0.3, -0.25) is 10.1 Å². The van der Waals surface area contributed by atoms with E-state index >= 15 is 0 Å². The fourth-order valence-corrected chi connectivity index (χ4v) is 2.40. The van der Waals surface area contributed by atoms with E-state index in [-0.39, 0.29) is 12.2 Å². The average Bonchev–Trinajstić information content (AvgIpc) is 2.41. The maximum absolute atomic E-state index is 13.1. The third-order valence-electron chi connectivity index (χ3n) is 2.65. The second-order valence-electron chi connectivity index (χ2n) is 3.99. The van der Waals surface area contributed by atoms with Crippen LogP contribution in [0.1, 0.15) is 5.56 Å². The Morgan fingerprint density at radius 3 is 2.80 bits per heavy atom. The Morgan fingerprint density at radius 2 is 2.10 bits per heavy atom. The molecular formula is C13H9BrClFN2O2. The molecule has 0 aliphatic carbocycles. The summed E-state index contributed by atoms with van der Waals surface area (Å²) in [5.74, 6) is -0.407. The molecule has 0 fully saturated rings. The summed E-state index contributed by atoms with van der Waals surface area (Å²) in [5.41, 5.74) is 1.10. The average molecular weight is 360 g/mol. The van der Waals surface area contributed by atoms with E-state index in [4.69, 9.17) is 11.6 Å². The molecular weight excluding hydrogens is 351 g/mol. The number of anilines is 1. The van der Waals surface area contributed by atoms with Gasteiger partial charge in [0, 0.05) is 12.6 Å². The molecule has 0 aliphatic heterocycles. The number of halogens is 3. The van der Waals surface area contributed by atoms with Crippen LogP contribution in [0.4, 0.5) is 15.8 Å². The number of nitro benzene ring substituents is 1. The number of hydrogen-bond donors (Lipinski definition) is 1. The highest BCUT2D eigenvalue weighted by Crippen LogP contribution is 2.29. The van der Waals surface area contributed by atoms with Gasteiger partial charge in [-0.2, -0.15) is 0 Å². The molecule has 1 N–H and O–H groups in total. The summed E-state index contributed by atoms with van der Waals surface area (Å²) in [6, 6.07) is 8.71. The van der Waals surface area contributed by atoms with Crippen molar-refractivity contribution in [2.75, 3.05) is 5.32 Å². The van der Waals surface area contributed by atoms with Crippen LogP contribution in [0, 0.1) is 15.9 Å². The van der Waals surface area contributed by atoms with Gasteiger partial charge < -0.3 is 5.32 Å². The predicted octanol–water partition coefficient (Wildman–Crippen LogP) is 4.76. The Labute approximate surface area is 127 Å². The third-order valence-corrected chi connectivity index (χ3v) is 3.90. The normalized spacial score (nSPS) is 10.3. The van der Waals surface area contributed by atoms with Crippen LogP contribution in [0.2, 0.25) is 5.02 Å². The number of rotatable bonds is 4. The van der Waals surface area contributed by atoms with E-state index < -0.39 is 10.7 Å². The fraction of sp³-hybridized carbons (Fsp3) is 0.0769. The number of nitrogens with zero attached hydrogens (tertiary/aromatic N) is 1. The predicted molar refractivity (Wildman–Crippen MR) is 79.5 cm³/mol. The molecule has 104 valence electrons. The Bertz CT molecular complexity index is 667. The second-order valence-corrected chi connectivity index (χ2v) is 5.19. The van der Waals surface area contributed by atoms with Crippen LogP contribution in [0.3, 0.4) is 0 Å². The summed E-state index contributed by atoms with van der Waals surface area (Å²) in [4.78, 5) is 10.4. The number of nitrogens with one attached hydrogen (secondary N) is 1. The first-order valence-electron chi connectivity index (χ1n) is 5.59. The minimum atomic E-state index is -0.469. The third kappa shape index (κ3) is 3.26. The maximum Gasteiger partial charge on any atom is 0.283 e. The molecule has 0 amide bonds. The summed E-state index contributed by atoms with van der Waals surface area (Å²) in [6.07, 6.45) is 0. The van der Waals surface area contributed by atoms with Gasteiger partial charge in [-0.25, -0.2) is 4.39 Å². The number of hydrogen-bond acceptors (Lipinski definition) is 3. The molecule has 2 aromatic rings. The van der Waals surface area contributed by atoms with Gasteiger partial charge in [0.15, 0.2) is 0 Å². The topological polar surface area (TPSA) is 55.2 Å². The van der Waals surface area contributed by atoms with E-state index in [1.165, 1.54) is 24.3 Å². The number of benzene rings is 2. The van der Waals surface area contributed by atoms with Gasteiger partial charge in [0.2, 0.25) is 0 Å². The molecule has 0 aliphatic rings. The molecule has 0 radical (unpaired) electrons. The van der Waals surface area contributed by atoms with Crippen molar-refractivity contribution >= 4 is 38.9 Å². The van der Waals surface area contributed by atoms with Crippen LogP contribution in [-0.2, 0) is 6.54 Å². The summed E-state index contributed by atoms with van der Waals surface area (Å²) < 4.78 is 13.5. The van der Waals surface area contributed by atoms with Crippen molar-refractivity contribution < 1.29 is 9.31 Å². The van der Waals surface area contributed by atoms with Crippen molar-refractivity contribution in [3.05, 3.63) is 67.4 Å². The van der Waals surface area contributed by atoms with Crippen LogP contribution < -0.4 is 5.32 Å². The van der Waals surface area contributed by atoms with Gasteiger partial charge in [0.05, 0.1) is 15.6 Å². The van der Waals surface area contributed by atoms with Crippen LogP contribution in [-0.4, -0.2) is 4.92 Å². The van der Waals surface area contributed by atoms with Crippen LogP contribution in [0.5, 0.6) is 0 Å². The Kier molecular flexibility index (Phi) is 4.57. The summed E-state index contributed by atoms with van der Waals surface area (Å²) >= 11 is 9.13. The quantitative estimate of drug-likeness (QED) is 0.632. The summed E-state index contributed by atoms with van der Waals surface area (Å²) in [7, 11) is 0. The first-order chi connectivity index (χ1) is 9.49. The van der Waals surface area contributed by atoms with Crippen molar-refractivity contribution in [2.45, 2.75) is 6.54 Å². The van der Waals surface area contributed by atoms with E-state index in [0.29, 0.717) is 20.7 Å². The monoisotopic (exact) mass is 358 g/mol. The summed E-state index contributed by atoms with van der Waals surface area (Å²) in [5, 5.41) is 14.2. The molecule has 0 heterocycles. The first-order valence-corrected chi connectivity index (χ1v) is 6.77. The zero-order valence-corrected chi connectivity index (χ0v) is 12.4. The van der Waals surface area contributed by atoms with Crippen molar-refractivity contribution in [1.29, 1.82) is 0 Å². The van der Waals surface area contributed by atoms with Gasteiger partial charge in [-0.15, -0.1) is 0 Å². The van der Waals surface area contributed by atoms with E-state index in [1.54, 1.807) is 12.1 Å². The molecule has 2 rings (SSSR count). The zero-order valence-electron chi connectivity index (χ0n) is 10.1. The molecule has 0 unspecified atom stereocenters. The highest BCUT2D eigenvalue weighted by atomic mass is 79.9. The Morgan fingerprint density at radius 1 is 1.35 bits per heavy atom. The molecule has 0 aromatic heterocycles. The highest BCUT2D eigenvalue weighted by molar-refractivity contribution is 9.10. The lowest BCUT2D eigenvalue weighted by atomic mass is 10.2. The molecule has 2 aromatic carbocycles. The lowest BCUT2D eigenvalue weighted by molar-refractivity contribution is -0.385. The minimum Gasteiger partial charge on any atom is -0.380 e. The van der Waals surface area contributed by atoms with Crippen LogP contribution >= 0.6 is 27.5 Å². The van der Waals surface area contributed by atoms with Crippen molar-refractivity contribution in [2.24, 2.45) is 0 Å². The molecule has 0 saturated carbocycles. The van der Waals surface area contributed by atoms with Crippen molar-refractivity contribution in [3.8, 4) is 0 Å². The number of nitro groups is 1. The SMILES string of the molecule is O=[N+]([O-])c1cccc(CNc2cc(F)ccc2Cl)c1Br. The van der Waals surface area contributed by atoms with Gasteiger partial charge in [-0.1, -0.05) is 23.7 Å². The maximum atomic E-state index is 13.1. The van der Waals surface area contributed by atoms with Gasteiger partial charge in [0.25, 0.3) is 5.69 Å². The van der Waals surface area contributed by atoms with E-state index in [1.807, 2.05) is 0 Å². The minimum absolute atomic E-state index is 0.0189. The Hall–Kier alpha value is -1.66. The van der Waals surface area contributed by atoms with Gasteiger partial charge >= 0.3 is 0 Å². The smallest absolute Gasteiger partial charge is 0.283 e. The van der Waals surface area contributed by atoms with Crippen molar-refractivity contribution in [3.63, 3.8) is 0 Å². The van der Waals surface area contributed by atoms with E-state index in [0.717, 1.165) is 0 Å². The van der Waals surface area contributed by atoms with Crippen LogP contribution in [0.15, 0.2) is 40.9 Å². The molecule has 20 heavy (non-hydrogen) atoms. The van der Waals surface area contributed by atoms with Gasteiger partial charge in [-0.05, 0) is 39.7 Å². The fourth-order valence-electron chi connectivity index (χ4n) is 1.67.